The molecule has 2 aromatic heterocycles. The first kappa shape index (κ1) is 22.8. The van der Waals surface area contributed by atoms with Gasteiger partial charge in [-0.1, -0.05) is 12.1 Å². The summed E-state index contributed by atoms with van der Waals surface area (Å²) in [5.41, 5.74) is -2.02. The molecule has 164 valence electrons. The Balaban J connectivity index is 1.72. The molecule has 6 nitrogen and oxygen atoms in total. The lowest BCUT2D eigenvalue weighted by Crippen LogP contribution is -2.46. The highest BCUT2D eigenvalue weighted by molar-refractivity contribution is 7.12. The van der Waals surface area contributed by atoms with Crippen molar-refractivity contribution in [2.75, 3.05) is 7.05 Å². The summed E-state index contributed by atoms with van der Waals surface area (Å²) in [6.07, 6.45) is 2.32. The average Bonchev–Trinajstić information content (AvgIpc) is 3.39. The first-order valence-corrected chi connectivity index (χ1v) is 11.8. The van der Waals surface area contributed by atoms with Gasteiger partial charge in [-0.25, -0.2) is 9.59 Å². The van der Waals surface area contributed by atoms with Crippen LogP contribution in [0.25, 0.3) is 0 Å². The molecule has 30 heavy (non-hydrogen) atoms. The van der Waals surface area contributed by atoms with Gasteiger partial charge in [-0.15, -0.1) is 22.7 Å². The number of ether oxygens (including phenoxy) is 2. The number of carbonyl (C=O) groups is 2. The molecule has 0 aromatic carbocycles. The number of carboxylic acid groups (broad SMARTS) is 1. The number of amides is 1. The molecule has 0 unspecified atom stereocenters. The average molecular weight is 452 g/mol. The van der Waals surface area contributed by atoms with Crippen LogP contribution in [0.1, 0.15) is 56.2 Å². The molecule has 2 heterocycles. The summed E-state index contributed by atoms with van der Waals surface area (Å²) >= 11 is 2.78. The normalized spacial score (nSPS) is 20.0. The minimum atomic E-state index is -1.49. The third-order valence-electron chi connectivity index (χ3n) is 5.25. The van der Waals surface area contributed by atoms with E-state index in [2.05, 4.69) is 0 Å². The van der Waals surface area contributed by atoms with Gasteiger partial charge in [0.05, 0.1) is 15.9 Å². The number of carboxylic acids is 1. The molecule has 1 fully saturated rings. The Kier molecular flexibility index (Phi) is 6.89. The quantitative estimate of drug-likeness (QED) is 0.642. The van der Waals surface area contributed by atoms with E-state index in [1.807, 2.05) is 55.8 Å². The Morgan fingerprint density at radius 3 is 1.97 bits per heavy atom. The van der Waals surface area contributed by atoms with Crippen LogP contribution in [0.2, 0.25) is 0 Å². The van der Waals surface area contributed by atoms with E-state index in [1.54, 1.807) is 11.9 Å². The molecule has 0 bridgehead atoms. The van der Waals surface area contributed by atoms with Gasteiger partial charge in [0.1, 0.15) is 5.60 Å². The van der Waals surface area contributed by atoms with Gasteiger partial charge in [-0.05, 0) is 69.3 Å². The van der Waals surface area contributed by atoms with Gasteiger partial charge >= 0.3 is 12.1 Å². The highest BCUT2D eigenvalue weighted by Crippen LogP contribution is 2.42. The maximum atomic E-state index is 12.5. The van der Waals surface area contributed by atoms with Gasteiger partial charge in [0, 0.05) is 13.1 Å². The lowest BCUT2D eigenvalue weighted by molar-refractivity contribution is -0.170. The molecule has 2 aromatic rings. The van der Waals surface area contributed by atoms with Gasteiger partial charge in [0.15, 0.2) is 0 Å². The number of aliphatic carboxylic acids is 1. The molecule has 0 saturated heterocycles. The predicted molar refractivity (Wildman–Crippen MR) is 118 cm³/mol. The molecule has 1 aliphatic rings. The molecule has 1 N–H and O–H groups in total. The number of hydrogen-bond acceptors (Lipinski definition) is 6. The summed E-state index contributed by atoms with van der Waals surface area (Å²) in [5.74, 6) is -1.000. The molecule has 0 spiro atoms. The highest BCUT2D eigenvalue weighted by Gasteiger charge is 2.48. The third kappa shape index (κ3) is 4.87. The van der Waals surface area contributed by atoms with Crippen molar-refractivity contribution in [1.29, 1.82) is 0 Å². The monoisotopic (exact) mass is 451 g/mol. The van der Waals surface area contributed by atoms with Crippen molar-refractivity contribution >= 4 is 34.7 Å². The summed E-state index contributed by atoms with van der Waals surface area (Å²) in [5, 5.41) is 14.0. The minimum Gasteiger partial charge on any atom is -0.479 e. The van der Waals surface area contributed by atoms with Gasteiger partial charge in [0.2, 0.25) is 5.60 Å². The van der Waals surface area contributed by atoms with Crippen molar-refractivity contribution in [3.63, 3.8) is 0 Å². The third-order valence-corrected chi connectivity index (χ3v) is 7.20. The molecule has 1 saturated carbocycles. The number of carbonyl (C=O) groups excluding carboxylic acids is 1. The van der Waals surface area contributed by atoms with Crippen LogP contribution in [-0.2, 0) is 19.9 Å². The van der Waals surface area contributed by atoms with Crippen LogP contribution in [-0.4, -0.2) is 46.9 Å². The zero-order valence-corrected chi connectivity index (χ0v) is 19.4. The maximum Gasteiger partial charge on any atom is 0.410 e. The second kappa shape index (κ2) is 9.08. The number of thiophene rings is 2. The SMILES string of the molecule is CN(C(=O)OC(C)(C)C)[C@H]1CC[C@H](OC(C(=O)O)(c2cccs2)c2cccs2)CC1. The summed E-state index contributed by atoms with van der Waals surface area (Å²) in [6.45, 7) is 5.55. The van der Waals surface area contributed by atoms with Crippen LogP contribution < -0.4 is 0 Å². The standard InChI is InChI=1S/C22H29NO5S2/c1-21(2,3)28-20(26)23(4)15-9-11-16(12-10-15)27-22(19(24)25,17-7-5-13-29-17)18-8-6-14-30-18/h5-8,13-16H,9-12H2,1-4H3,(H,24,25)/t15-,16-. The zero-order valence-electron chi connectivity index (χ0n) is 17.8. The van der Waals surface area contributed by atoms with Crippen LogP contribution in [0.5, 0.6) is 0 Å². The largest absolute Gasteiger partial charge is 0.479 e. The van der Waals surface area contributed by atoms with Crippen molar-refractivity contribution in [2.45, 2.75) is 69.8 Å². The van der Waals surface area contributed by atoms with E-state index in [0.29, 0.717) is 22.6 Å². The van der Waals surface area contributed by atoms with Crippen LogP contribution in [0.15, 0.2) is 35.0 Å². The Morgan fingerprint density at radius 2 is 1.57 bits per heavy atom. The zero-order chi connectivity index (χ0) is 21.9. The molecular formula is C22H29NO5S2. The Labute approximate surface area is 185 Å². The van der Waals surface area contributed by atoms with Crippen molar-refractivity contribution in [3.05, 3.63) is 44.8 Å². The van der Waals surface area contributed by atoms with Crippen molar-refractivity contribution in [3.8, 4) is 0 Å². The Hall–Kier alpha value is -1.90. The molecule has 1 aliphatic carbocycles. The van der Waals surface area contributed by atoms with E-state index in [0.717, 1.165) is 12.8 Å². The van der Waals surface area contributed by atoms with Crippen LogP contribution in [0.3, 0.4) is 0 Å². The summed E-state index contributed by atoms with van der Waals surface area (Å²) < 4.78 is 11.9. The van der Waals surface area contributed by atoms with Gasteiger partial charge in [0.25, 0.3) is 0 Å². The van der Waals surface area contributed by atoms with E-state index in [9.17, 15) is 14.7 Å². The van der Waals surface area contributed by atoms with Crippen LogP contribution >= 0.6 is 22.7 Å². The van der Waals surface area contributed by atoms with Gasteiger partial charge in [-0.2, -0.15) is 0 Å². The summed E-state index contributed by atoms with van der Waals surface area (Å²) in [4.78, 5) is 27.9. The lowest BCUT2D eigenvalue weighted by Gasteiger charge is -2.38. The molecule has 0 radical (unpaired) electrons. The first-order valence-electron chi connectivity index (χ1n) is 10.1. The second-order valence-corrected chi connectivity index (χ2v) is 10.5. The molecule has 3 rings (SSSR count). The van der Waals surface area contributed by atoms with Crippen molar-refractivity contribution < 1.29 is 24.2 Å². The highest BCUT2D eigenvalue weighted by atomic mass is 32.1. The van der Waals surface area contributed by atoms with E-state index < -0.39 is 17.2 Å². The fraction of sp³-hybridized carbons (Fsp3) is 0.545. The Morgan fingerprint density at radius 1 is 1.03 bits per heavy atom. The molecule has 1 amide bonds. The molecule has 0 atom stereocenters. The fourth-order valence-corrected chi connectivity index (χ4v) is 5.55. The number of hydrogen-bond donors (Lipinski definition) is 1. The summed E-state index contributed by atoms with van der Waals surface area (Å²) in [6, 6.07) is 7.39. The molecule has 8 heteroatoms. The molecular weight excluding hydrogens is 422 g/mol. The van der Waals surface area contributed by atoms with Crippen LogP contribution in [0, 0.1) is 0 Å². The minimum absolute atomic E-state index is 0.0578. The fourth-order valence-electron chi connectivity index (χ4n) is 3.74. The second-order valence-electron chi connectivity index (χ2n) is 8.58. The number of nitrogens with zero attached hydrogens (tertiary/aromatic N) is 1. The smallest absolute Gasteiger partial charge is 0.410 e. The number of rotatable bonds is 6. The maximum absolute atomic E-state index is 12.5. The first-order chi connectivity index (χ1) is 14.1. The predicted octanol–water partition coefficient (Wildman–Crippen LogP) is 5.33. The van der Waals surface area contributed by atoms with Crippen molar-refractivity contribution in [2.24, 2.45) is 0 Å². The van der Waals surface area contributed by atoms with E-state index in [1.165, 1.54) is 22.7 Å². The van der Waals surface area contributed by atoms with Gasteiger partial charge in [-0.3, -0.25) is 0 Å². The van der Waals surface area contributed by atoms with E-state index in [-0.39, 0.29) is 18.2 Å². The van der Waals surface area contributed by atoms with E-state index in [4.69, 9.17) is 9.47 Å². The van der Waals surface area contributed by atoms with Crippen LogP contribution in [0.4, 0.5) is 4.79 Å². The van der Waals surface area contributed by atoms with E-state index >= 15 is 0 Å². The topological polar surface area (TPSA) is 76.1 Å². The summed E-state index contributed by atoms with van der Waals surface area (Å²) in [7, 11) is 1.76. The van der Waals surface area contributed by atoms with Gasteiger partial charge < -0.3 is 19.5 Å². The van der Waals surface area contributed by atoms with Crippen molar-refractivity contribution in [1.82, 2.24) is 4.90 Å². The lowest BCUT2D eigenvalue weighted by atomic mass is 9.90. The Bertz CT molecular complexity index is 799. The molecule has 0 aliphatic heterocycles.